The fraction of sp³-hybridized carbons (Fsp3) is 0.444. The van der Waals surface area contributed by atoms with Crippen molar-refractivity contribution in [3.63, 3.8) is 0 Å². The molecule has 0 unspecified atom stereocenters. The van der Waals surface area contributed by atoms with Gasteiger partial charge in [0.1, 0.15) is 11.6 Å². The summed E-state index contributed by atoms with van der Waals surface area (Å²) in [6, 6.07) is 8.74. The maximum Gasteiger partial charge on any atom is 0.164 e. The molecule has 1 aliphatic heterocycles. The highest BCUT2D eigenvalue weighted by molar-refractivity contribution is 5.59. The average Bonchev–Trinajstić information content (AvgIpc) is 2.84. The first-order valence-electron chi connectivity index (χ1n) is 8.24. The van der Waals surface area contributed by atoms with E-state index in [0.29, 0.717) is 11.4 Å². The van der Waals surface area contributed by atoms with Crippen LogP contribution in [0.25, 0.3) is 11.4 Å². The zero-order valence-electron chi connectivity index (χ0n) is 13.7. The number of hydrogen-bond donors (Lipinski definition) is 1. The Hall–Kier alpha value is -2.01. The van der Waals surface area contributed by atoms with Gasteiger partial charge in [0, 0.05) is 31.4 Å². The van der Waals surface area contributed by atoms with E-state index in [4.69, 9.17) is 0 Å². The molecule has 0 radical (unpaired) electrons. The molecule has 1 saturated heterocycles. The molecule has 0 atom stereocenters. The standard InChI is InChI=1S/C18H23FN4/c1-13(2)16-12-17(23-10-5-8-20-9-11-23)22-18(21-16)14-6-3-4-7-15(14)19/h3-4,6-7,12-13,20H,5,8-11H2,1-2H3. The van der Waals surface area contributed by atoms with E-state index in [9.17, 15) is 4.39 Å². The van der Waals surface area contributed by atoms with E-state index < -0.39 is 0 Å². The van der Waals surface area contributed by atoms with Gasteiger partial charge < -0.3 is 10.2 Å². The molecule has 1 aromatic carbocycles. The Labute approximate surface area is 136 Å². The van der Waals surface area contributed by atoms with Crippen LogP contribution in [-0.4, -0.2) is 36.1 Å². The third-order valence-corrected chi connectivity index (χ3v) is 4.10. The molecule has 1 fully saturated rings. The number of aromatic nitrogens is 2. The van der Waals surface area contributed by atoms with Crippen LogP contribution in [0.5, 0.6) is 0 Å². The fourth-order valence-electron chi connectivity index (χ4n) is 2.75. The molecule has 5 heteroatoms. The van der Waals surface area contributed by atoms with Crippen molar-refractivity contribution in [3.05, 3.63) is 41.8 Å². The van der Waals surface area contributed by atoms with E-state index >= 15 is 0 Å². The van der Waals surface area contributed by atoms with Crippen LogP contribution in [0.1, 0.15) is 31.9 Å². The second kappa shape index (κ2) is 7.04. The van der Waals surface area contributed by atoms with Crippen molar-refractivity contribution >= 4 is 5.82 Å². The lowest BCUT2D eigenvalue weighted by atomic mass is 10.1. The molecule has 1 aromatic heterocycles. The zero-order chi connectivity index (χ0) is 16.2. The molecule has 0 aliphatic carbocycles. The van der Waals surface area contributed by atoms with Crippen molar-refractivity contribution in [2.24, 2.45) is 0 Å². The van der Waals surface area contributed by atoms with Crippen LogP contribution < -0.4 is 10.2 Å². The fourth-order valence-corrected chi connectivity index (χ4v) is 2.75. The second-order valence-corrected chi connectivity index (χ2v) is 6.20. The molecule has 0 bridgehead atoms. The van der Waals surface area contributed by atoms with Crippen LogP contribution in [-0.2, 0) is 0 Å². The van der Waals surface area contributed by atoms with Gasteiger partial charge in [-0.15, -0.1) is 0 Å². The van der Waals surface area contributed by atoms with E-state index in [2.05, 4.69) is 34.0 Å². The highest BCUT2D eigenvalue weighted by Crippen LogP contribution is 2.25. The van der Waals surface area contributed by atoms with E-state index in [1.165, 1.54) is 6.07 Å². The number of hydrogen-bond acceptors (Lipinski definition) is 4. The molecule has 1 N–H and O–H groups in total. The number of rotatable bonds is 3. The lowest BCUT2D eigenvalue weighted by Gasteiger charge is -2.23. The lowest BCUT2D eigenvalue weighted by molar-refractivity contribution is 0.629. The maximum atomic E-state index is 14.1. The van der Waals surface area contributed by atoms with Gasteiger partial charge >= 0.3 is 0 Å². The highest BCUT2D eigenvalue weighted by atomic mass is 19.1. The number of nitrogens with zero attached hydrogens (tertiary/aromatic N) is 3. The van der Waals surface area contributed by atoms with Gasteiger partial charge in [-0.3, -0.25) is 0 Å². The molecule has 122 valence electrons. The summed E-state index contributed by atoms with van der Waals surface area (Å²) >= 11 is 0. The molecule has 0 spiro atoms. The highest BCUT2D eigenvalue weighted by Gasteiger charge is 2.17. The number of benzene rings is 1. The van der Waals surface area contributed by atoms with Crippen LogP contribution in [0, 0.1) is 5.82 Å². The zero-order valence-corrected chi connectivity index (χ0v) is 13.7. The van der Waals surface area contributed by atoms with Gasteiger partial charge in [-0.05, 0) is 31.0 Å². The van der Waals surface area contributed by atoms with Crippen molar-refractivity contribution in [2.45, 2.75) is 26.2 Å². The van der Waals surface area contributed by atoms with Crippen LogP contribution >= 0.6 is 0 Å². The summed E-state index contributed by atoms with van der Waals surface area (Å²) in [5.41, 5.74) is 1.41. The van der Waals surface area contributed by atoms with Crippen molar-refractivity contribution in [2.75, 3.05) is 31.1 Å². The molecule has 4 nitrogen and oxygen atoms in total. The van der Waals surface area contributed by atoms with Crippen LogP contribution in [0.4, 0.5) is 10.2 Å². The van der Waals surface area contributed by atoms with Gasteiger partial charge in [-0.2, -0.15) is 0 Å². The average molecular weight is 314 g/mol. The van der Waals surface area contributed by atoms with E-state index in [1.54, 1.807) is 12.1 Å². The lowest BCUT2D eigenvalue weighted by Crippen LogP contribution is -2.29. The van der Waals surface area contributed by atoms with Crippen molar-refractivity contribution < 1.29 is 4.39 Å². The van der Waals surface area contributed by atoms with Gasteiger partial charge in [0.15, 0.2) is 5.82 Å². The Bertz CT molecular complexity index is 664. The molecular weight excluding hydrogens is 291 g/mol. The third kappa shape index (κ3) is 3.67. The first-order valence-corrected chi connectivity index (χ1v) is 8.24. The quantitative estimate of drug-likeness (QED) is 0.944. The molecular formula is C18H23FN4. The molecule has 2 heterocycles. The van der Waals surface area contributed by atoms with Crippen LogP contribution in [0.3, 0.4) is 0 Å². The minimum atomic E-state index is -0.281. The third-order valence-electron chi connectivity index (χ3n) is 4.10. The number of halogens is 1. The molecule has 0 amide bonds. The maximum absolute atomic E-state index is 14.1. The summed E-state index contributed by atoms with van der Waals surface area (Å²) < 4.78 is 14.1. The van der Waals surface area contributed by atoms with E-state index in [0.717, 1.165) is 44.1 Å². The number of anilines is 1. The first-order chi connectivity index (χ1) is 11.1. The Kier molecular flexibility index (Phi) is 4.86. The van der Waals surface area contributed by atoms with Crippen molar-refractivity contribution in [3.8, 4) is 11.4 Å². The topological polar surface area (TPSA) is 41.0 Å². The Morgan fingerprint density at radius 2 is 1.96 bits per heavy atom. The van der Waals surface area contributed by atoms with Crippen LogP contribution in [0.2, 0.25) is 0 Å². The summed E-state index contributed by atoms with van der Waals surface area (Å²) in [6.07, 6.45) is 1.08. The Balaban J connectivity index is 2.04. The smallest absolute Gasteiger partial charge is 0.164 e. The van der Waals surface area contributed by atoms with Crippen molar-refractivity contribution in [1.29, 1.82) is 0 Å². The Morgan fingerprint density at radius 1 is 1.13 bits per heavy atom. The van der Waals surface area contributed by atoms with Gasteiger partial charge in [-0.1, -0.05) is 26.0 Å². The SMILES string of the molecule is CC(C)c1cc(N2CCCNCC2)nc(-c2ccccc2F)n1. The molecule has 3 rings (SSSR count). The monoisotopic (exact) mass is 314 g/mol. The molecule has 0 saturated carbocycles. The van der Waals surface area contributed by atoms with E-state index in [1.807, 2.05) is 12.1 Å². The van der Waals surface area contributed by atoms with Gasteiger partial charge in [-0.25, -0.2) is 14.4 Å². The summed E-state index contributed by atoms with van der Waals surface area (Å²) in [6.45, 7) is 8.03. The minimum Gasteiger partial charge on any atom is -0.355 e. The second-order valence-electron chi connectivity index (χ2n) is 6.20. The predicted octanol–water partition coefficient (Wildman–Crippen LogP) is 3.21. The summed E-state index contributed by atoms with van der Waals surface area (Å²) in [7, 11) is 0. The summed E-state index contributed by atoms with van der Waals surface area (Å²) in [5, 5.41) is 3.39. The van der Waals surface area contributed by atoms with E-state index in [-0.39, 0.29) is 11.7 Å². The number of nitrogens with one attached hydrogen (secondary N) is 1. The van der Waals surface area contributed by atoms with Gasteiger partial charge in [0.25, 0.3) is 0 Å². The molecule has 2 aromatic rings. The van der Waals surface area contributed by atoms with Gasteiger partial charge in [0.05, 0.1) is 5.56 Å². The minimum absolute atomic E-state index is 0.271. The predicted molar refractivity (Wildman–Crippen MR) is 91.2 cm³/mol. The Morgan fingerprint density at radius 3 is 2.74 bits per heavy atom. The summed E-state index contributed by atoms with van der Waals surface area (Å²) in [4.78, 5) is 11.5. The van der Waals surface area contributed by atoms with Crippen molar-refractivity contribution in [1.82, 2.24) is 15.3 Å². The van der Waals surface area contributed by atoms with Crippen LogP contribution in [0.15, 0.2) is 30.3 Å². The summed E-state index contributed by atoms with van der Waals surface area (Å²) in [5.74, 6) is 1.36. The largest absolute Gasteiger partial charge is 0.355 e. The normalized spacial score (nSPS) is 15.7. The van der Waals surface area contributed by atoms with Gasteiger partial charge in [0.2, 0.25) is 0 Å². The first kappa shape index (κ1) is 15.9. The molecule has 23 heavy (non-hydrogen) atoms. The molecule has 1 aliphatic rings.